The Morgan fingerprint density at radius 1 is 0.879 bits per heavy atom. The summed E-state index contributed by atoms with van der Waals surface area (Å²) < 4.78 is 11.9. The molecule has 4 N–H and O–H groups in total. The Hall–Kier alpha value is -3.65. The van der Waals surface area contributed by atoms with Crippen LogP contribution in [0, 0.1) is 13.8 Å². The molecule has 9 heteroatoms. The van der Waals surface area contributed by atoms with Crippen LogP contribution in [0.15, 0.2) is 52.1 Å². The predicted octanol–water partition coefficient (Wildman–Crippen LogP) is 4.15. The molecular formula is C24H25ClN4O4. The van der Waals surface area contributed by atoms with Crippen LogP contribution in [0.3, 0.4) is 0 Å². The molecule has 0 spiro atoms. The van der Waals surface area contributed by atoms with E-state index in [1.165, 1.54) is 0 Å². The maximum Gasteiger partial charge on any atom is 0.268 e. The molecule has 33 heavy (non-hydrogen) atoms. The highest BCUT2D eigenvalue weighted by Crippen LogP contribution is 2.42. The Morgan fingerprint density at radius 2 is 1.48 bits per heavy atom. The van der Waals surface area contributed by atoms with Crippen molar-refractivity contribution in [2.75, 3.05) is 6.61 Å². The van der Waals surface area contributed by atoms with Gasteiger partial charge < -0.3 is 19.7 Å². The fourth-order valence-electron chi connectivity index (χ4n) is 3.97. The zero-order valence-corrected chi connectivity index (χ0v) is 19.3. The Balaban J connectivity index is 1.84. The average Bonchev–Trinajstić information content (AvgIpc) is 3.30. The van der Waals surface area contributed by atoms with Crippen LogP contribution in [-0.4, -0.2) is 27.0 Å². The first-order valence-electron chi connectivity index (χ1n) is 10.6. The zero-order valence-electron chi connectivity index (χ0n) is 18.5. The largest absolute Gasteiger partial charge is 0.490 e. The Bertz CT molecular complexity index is 1310. The molecule has 0 aliphatic rings. The van der Waals surface area contributed by atoms with Crippen LogP contribution in [0.5, 0.6) is 11.5 Å². The zero-order chi connectivity index (χ0) is 23.5. The SMILES string of the molecule is CCOc1cc(C(c2c(C)[nH][nH]c2=O)c2c(C)[nH][nH]c2=O)cc(Cl)c1OCc1ccccc1. The number of hydrogen-bond donors (Lipinski definition) is 4. The summed E-state index contributed by atoms with van der Waals surface area (Å²) in [5, 5.41) is 11.2. The van der Waals surface area contributed by atoms with Crippen LogP contribution in [-0.2, 0) is 6.61 Å². The van der Waals surface area contributed by atoms with Crippen molar-refractivity contribution in [2.45, 2.75) is 33.3 Å². The topological polar surface area (TPSA) is 116 Å². The first-order chi connectivity index (χ1) is 15.9. The lowest BCUT2D eigenvalue weighted by molar-refractivity contribution is 0.269. The highest BCUT2D eigenvalue weighted by molar-refractivity contribution is 6.32. The van der Waals surface area contributed by atoms with Crippen LogP contribution in [0.25, 0.3) is 0 Å². The number of hydrogen-bond acceptors (Lipinski definition) is 4. The molecule has 0 amide bonds. The second-order valence-corrected chi connectivity index (χ2v) is 8.11. The van der Waals surface area contributed by atoms with Gasteiger partial charge >= 0.3 is 0 Å². The molecule has 0 bridgehead atoms. The normalized spacial score (nSPS) is 11.2. The lowest BCUT2D eigenvalue weighted by atomic mass is 9.85. The van der Waals surface area contributed by atoms with Crippen LogP contribution in [0.4, 0.5) is 0 Å². The minimum atomic E-state index is -0.671. The summed E-state index contributed by atoms with van der Waals surface area (Å²) in [5.74, 6) is 0.175. The van der Waals surface area contributed by atoms with Crippen molar-refractivity contribution in [1.82, 2.24) is 20.4 Å². The molecule has 8 nitrogen and oxygen atoms in total. The maximum absolute atomic E-state index is 12.7. The number of aromatic amines is 4. The van der Waals surface area contributed by atoms with Gasteiger partial charge in [0.25, 0.3) is 11.1 Å². The Morgan fingerprint density at radius 3 is 2.00 bits per heavy atom. The molecule has 0 saturated heterocycles. The monoisotopic (exact) mass is 468 g/mol. The van der Waals surface area contributed by atoms with Crippen molar-refractivity contribution in [2.24, 2.45) is 0 Å². The van der Waals surface area contributed by atoms with Crippen molar-refractivity contribution >= 4 is 11.6 Å². The second kappa shape index (κ2) is 9.46. The van der Waals surface area contributed by atoms with E-state index in [0.717, 1.165) is 5.56 Å². The Labute approximate surface area is 194 Å². The molecule has 0 atom stereocenters. The molecule has 2 heterocycles. The number of rotatable bonds is 8. The molecule has 0 aliphatic carbocycles. The summed E-state index contributed by atoms with van der Waals surface area (Å²) in [6, 6.07) is 13.2. The Kier molecular flexibility index (Phi) is 6.46. The molecule has 172 valence electrons. The van der Waals surface area contributed by atoms with Crippen molar-refractivity contribution in [1.29, 1.82) is 0 Å². The first-order valence-corrected chi connectivity index (χ1v) is 11.0. The highest BCUT2D eigenvalue weighted by atomic mass is 35.5. The molecule has 0 radical (unpaired) electrons. The number of ether oxygens (including phenoxy) is 2. The number of H-pyrrole nitrogens is 4. The van der Waals surface area contributed by atoms with Crippen molar-refractivity contribution < 1.29 is 9.47 Å². The van der Waals surface area contributed by atoms with E-state index in [-0.39, 0.29) is 11.1 Å². The van der Waals surface area contributed by atoms with Crippen LogP contribution < -0.4 is 20.6 Å². The van der Waals surface area contributed by atoms with Gasteiger partial charge in [0.05, 0.1) is 22.8 Å². The van der Waals surface area contributed by atoms with Gasteiger partial charge in [-0.1, -0.05) is 41.9 Å². The molecule has 0 aliphatic heterocycles. The summed E-state index contributed by atoms with van der Waals surface area (Å²) in [4.78, 5) is 25.4. The van der Waals surface area contributed by atoms with Crippen molar-refractivity contribution in [3.63, 3.8) is 0 Å². The van der Waals surface area contributed by atoms with E-state index in [4.69, 9.17) is 21.1 Å². The third kappa shape index (κ3) is 4.47. The maximum atomic E-state index is 12.7. The van der Waals surface area contributed by atoms with Crippen molar-refractivity contribution in [3.05, 3.63) is 102 Å². The highest BCUT2D eigenvalue weighted by Gasteiger charge is 2.30. The van der Waals surface area contributed by atoms with E-state index in [0.29, 0.717) is 57.8 Å². The number of benzene rings is 2. The molecule has 4 aromatic rings. The third-order valence-corrected chi connectivity index (χ3v) is 5.77. The minimum Gasteiger partial charge on any atom is -0.490 e. The summed E-state index contributed by atoms with van der Waals surface area (Å²) in [6.45, 7) is 6.12. The van der Waals surface area contributed by atoms with E-state index in [2.05, 4.69) is 20.4 Å². The minimum absolute atomic E-state index is 0.309. The molecular weight excluding hydrogens is 444 g/mol. The summed E-state index contributed by atoms with van der Waals surface area (Å²) in [7, 11) is 0. The van der Waals surface area contributed by atoms with Crippen LogP contribution >= 0.6 is 11.6 Å². The molecule has 2 aromatic heterocycles. The van der Waals surface area contributed by atoms with Crippen LogP contribution in [0.1, 0.15) is 46.5 Å². The van der Waals surface area contributed by atoms with Gasteiger partial charge in [-0.05, 0) is 44.0 Å². The standard InChI is InChI=1S/C24H25ClN4O4/c1-4-32-18-11-16(10-17(25)22(18)33-12-15-8-6-5-7-9-15)21(19-13(2)26-28-23(19)30)20-14(3)27-29-24(20)31/h5-11,21H,4,12H2,1-3H3,(H2,26,28,30)(H2,27,29,31). The van der Waals surface area contributed by atoms with E-state index >= 15 is 0 Å². The van der Waals surface area contributed by atoms with Gasteiger partial charge in [-0.15, -0.1) is 0 Å². The summed E-state index contributed by atoms with van der Waals surface area (Å²) in [6.07, 6.45) is 0. The first kappa shape index (κ1) is 22.5. The number of nitrogens with one attached hydrogen (secondary N) is 4. The smallest absolute Gasteiger partial charge is 0.268 e. The van der Waals surface area contributed by atoms with Gasteiger partial charge in [-0.25, -0.2) is 0 Å². The van der Waals surface area contributed by atoms with Gasteiger partial charge in [-0.2, -0.15) is 0 Å². The quantitative estimate of drug-likeness (QED) is 0.311. The molecule has 2 aromatic carbocycles. The lowest BCUT2D eigenvalue weighted by Crippen LogP contribution is -2.20. The molecule has 0 unspecified atom stereocenters. The average molecular weight is 469 g/mol. The fourth-order valence-corrected chi connectivity index (χ4v) is 4.24. The third-order valence-electron chi connectivity index (χ3n) is 5.49. The molecule has 0 saturated carbocycles. The van der Waals surface area contributed by atoms with Crippen molar-refractivity contribution in [3.8, 4) is 11.5 Å². The summed E-state index contributed by atoms with van der Waals surface area (Å²) in [5.41, 5.74) is 3.12. The summed E-state index contributed by atoms with van der Waals surface area (Å²) >= 11 is 6.67. The predicted molar refractivity (Wildman–Crippen MR) is 127 cm³/mol. The van der Waals surface area contributed by atoms with E-state index in [1.54, 1.807) is 26.0 Å². The fraction of sp³-hybridized carbons (Fsp3) is 0.250. The molecule has 4 rings (SSSR count). The number of aryl methyl sites for hydroxylation is 2. The van der Waals surface area contributed by atoms with Gasteiger partial charge in [-0.3, -0.25) is 19.8 Å². The van der Waals surface area contributed by atoms with Gasteiger partial charge in [0, 0.05) is 17.3 Å². The molecule has 0 fully saturated rings. The van der Waals surface area contributed by atoms with Crippen LogP contribution in [0.2, 0.25) is 5.02 Å². The van der Waals surface area contributed by atoms with Gasteiger partial charge in [0.1, 0.15) is 6.61 Å². The number of aromatic nitrogens is 4. The van der Waals surface area contributed by atoms with E-state index < -0.39 is 5.92 Å². The van der Waals surface area contributed by atoms with Gasteiger partial charge in [0.2, 0.25) is 0 Å². The van der Waals surface area contributed by atoms with E-state index in [9.17, 15) is 9.59 Å². The van der Waals surface area contributed by atoms with E-state index in [1.807, 2.05) is 37.3 Å². The lowest BCUT2D eigenvalue weighted by Gasteiger charge is -2.20. The van der Waals surface area contributed by atoms with Gasteiger partial charge in [0.15, 0.2) is 11.5 Å². The second-order valence-electron chi connectivity index (χ2n) is 7.71. The number of halogens is 1.